The molecule has 0 aromatic heterocycles. The number of halogens is 3. The summed E-state index contributed by atoms with van der Waals surface area (Å²) in [6.45, 7) is 2.10. The van der Waals surface area contributed by atoms with Gasteiger partial charge < -0.3 is 15.3 Å². The Balaban J connectivity index is 2.86. The van der Waals surface area contributed by atoms with Crippen LogP contribution < -0.4 is 5.32 Å². The third-order valence-electron chi connectivity index (χ3n) is 2.39. The van der Waals surface area contributed by atoms with E-state index in [2.05, 4.69) is 5.32 Å². The number of nitrogens with zero attached hydrogens (tertiary/aromatic N) is 1. The molecule has 0 bridgehead atoms. The molecule has 4 nitrogen and oxygen atoms in total. The first kappa shape index (κ1) is 15.7. The van der Waals surface area contributed by atoms with Crippen molar-refractivity contribution in [1.29, 1.82) is 0 Å². The van der Waals surface area contributed by atoms with E-state index in [1.54, 1.807) is 0 Å². The molecule has 0 saturated heterocycles. The summed E-state index contributed by atoms with van der Waals surface area (Å²) in [6.07, 6.45) is 0.666. The van der Waals surface area contributed by atoms with Crippen molar-refractivity contribution < 1.29 is 18.7 Å². The number of nitrogens with one attached hydrogen (secondary N) is 1. The Kier molecular flexibility index (Phi) is 5.98. The number of benzene rings is 1. The molecule has 0 heterocycles. The van der Waals surface area contributed by atoms with Crippen LogP contribution in [0.4, 0.5) is 19.3 Å². The summed E-state index contributed by atoms with van der Waals surface area (Å²) in [7, 11) is 0. The van der Waals surface area contributed by atoms with Crippen molar-refractivity contribution in [2.45, 2.75) is 13.3 Å². The van der Waals surface area contributed by atoms with Crippen molar-refractivity contribution in [1.82, 2.24) is 4.90 Å². The van der Waals surface area contributed by atoms with Crippen LogP contribution in [0, 0.1) is 11.6 Å². The van der Waals surface area contributed by atoms with Crippen molar-refractivity contribution in [2.24, 2.45) is 0 Å². The van der Waals surface area contributed by atoms with Gasteiger partial charge in [-0.1, -0.05) is 18.5 Å². The molecule has 1 aromatic carbocycles. The highest BCUT2D eigenvalue weighted by Crippen LogP contribution is 2.23. The zero-order chi connectivity index (χ0) is 14.4. The summed E-state index contributed by atoms with van der Waals surface area (Å²) >= 11 is 5.48. The van der Waals surface area contributed by atoms with Crippen LogP contribution in [0.25, 0.3) is 0 Å². The van der Waals surface area contributed by atoms with Crippen LogP contribution in [-0.2, 0) is 0 Å². The fourth-order valence-corrected chi connectivity index (χ4v) is 1.74. The van der Waals surface area contributed by atoms with Gasteiger partial charge in [-0.15, -0.1) is 0 Å². The second-order valence-electron chi connectivity index (χ2n) is 3.89. The number of anilines is 1. The van der Waals surface area contributed by atoms with Gasteiger partial charge in [0.2, 0.25) is 0 Å². The van der Waals surface area contributed by atoms with Crippen LogP contribution in [0.2, 0.25) is 5.02 Å². The highest BCUT2D eigenvalue weighted by atomic mass is 35.5. The minimum atomic E-state index is -0.946. The van der Waals surface area contributed by atoms with Gasteiger partial charge in [0.15, 0.2) is 11.6 Å². The van der Waals surface area contributed by atoms with E-state index in [0.717, 1.165) is 12.1 Å². The van der Waals surface area contributed by atoms with E-state index < -0.39 is 23.4 Å². The summed E-state index contributed by atoms with van der Waals surface area (Å²) in [5.41, 5.74) is -0.548. The smallest absolute Gasteiger partial charge is 0.322 e. The van der Waals surface area contributed by atoms with Gasteiger partial charge in [0.25, 0.3) is 0 Å². The van der Waals surface area contributed by atoms with E-state index in [0.29, 0.717) is 13.0 Å². The van der Waals surface area contributed by atoms with Gasteiger partial charge in [0.1, 0.15) is 5.69 Å². The second kappa shape index (κ2) is 7.25. The van der Waals surface area contributed by atoms with Crippen molar-refractivity contribution in [3.63, 3.8) is 0 Å². The van der Waals surface area contributed by atoms with Crippen LogP contribution >= 0.6 is 11.6 Å². The topological polar surface area (TPSA) is 52.6 Å². The lowest BCUT2D eigenvalue weighted by molar-refractivity contribution is 0.188. The van der Waals surface area contributed by atoms with Crippen molar-refractivity contribution in [3.8, 4) is 0 Å². The molecule has 7 heteroatoms. The third-order valence-corrected chi connectivity index (χ3v) is 2.61. The first-order chi connectivity index (χ1) is 8.99. The monoisotopic (exact) mass is 292 g/mol. The second-order valence-corrected chi connectivity index (χ2v) is 4.32. The molecule has 0 fully saturated rings. The number of rotatable bonds is 5. The molecule has 0 atom stereocenters. The first-order valence-electron chi connectivity index (χ1n) is 5.81. The Morgan fingerprint density at radius 3 is 2.42 bits per heavy atom. The van der Waals surface area contributed by atoms with Gasteiger partial charge in [-0.2, -0.15) is 0 Å². The maximum atomic E-state index is 13.5. The van der Waals surface area contributed by atoms with E-state index in [1.807, 2.05) is 6.92 Å². The number of hydrogen-bond acceptors (Lipinski definition) is 2. The Labute approximate surface area is 115 Å². The lowest BCUT2D eigenvalue weighted by atomic mass is 10.3. The van der Waals surface area contributed by atoms with Crippen molar-refractivity contribution in [2.75, 3.05) is 25.0 Å². The molecule has 0 unspecified atom stereocenters. The lowest BCUT2D eigenvalue weighted by Gasteiger charge is -2.21. The summed E-state index contributed by atoms with van der Waals surface area (Å²) in [4.78, 5) is 13.1. The summed E-state index contributed by atoms with van der Waals surface area (Å²) in [5.74, 6) is -1.89. The Morgan fingerprint density at radius 2 is 1.95 bits per heavy atom. The molecule has 19 heavy (non-hydrogen) atoms. The van der Waals surface area contributed by atoms with Crippen LogP contribution in [0.1, 0.15) is 13.3 Å². The van der Waals surface area contributed by atoms with E-state index in [1.165, 1.54) is 4.90 Å². The molecule has 0 radical (unpaired) electrons. The normalized spacial score (nSPS) is 10.4. The number of amides is 2. The van der Waals surface area contributed by atoms with Crippen LogP contribution in [-0.4, -0.2) is 35.7 Å². The maximum absolute atomic E-state index is 13.5. The number of urea groups is 1. The van der Waals surface area contributed by atoms with Gasteiger partial charge in [0.05, 0.1) is 6.61 Å². The molecule has 0 aliphatic carbocycles. The van der Waals surface area contributed by atoms with E-state index in [9.17, 15) is 13.6 Å². The Hall–Kier alpha value is -1.40. The number of carbonyl (C=O) groups is 1. The van der Waals surface area contributed by atoms with E-state index >= 15 is 0 Å². The zero-order valence-corrected chi connectivity index (χ0v) is 11.2. The number of aliphatic hydroxyl groups is 1. The van der Waals surface area contributed by atoms with Crippen LogP contribution in [0.3, 0.4) is 0 Å². The minimum absolute atomic E-state index is 0.0891. The number of carbonyl (C=O) groups excluding carboxylic acids is 1. The van der Waals surface area contributed by atoms with E-state index in [4.69, 9.17) is 16.7 Å². The SMILES string of the molecule is CCCN(CCO)C(=O)Nc1c(F)cc(Cl)cc1F. The predicted octanol–water partition coefficient (Wildman–Crippen LogP) is 2.85. The van der Waals surface area contributed by atoms with Gasteiger partial charge in [0, 0.05) is 18.1 Å². The molecule has 0 saturated carbocycles. The zero-order valence-electron chi connectivity index (χ0n) is 10.4. The van der Waals surface area contributed by atoms with Gasteiger partial charge in [-0.05, 0) is 18.6 Å². The average Bonchev–Trinajstić information content (AvgIpc) is 2.33. The summed E-state index contributed by atoms with van der Waals surface area (Å²) in [6, 6.07) is 1.16. The molecular formula is C12H15ClF2N2O2. The number of hydrogen-bond donors (Lipinski definition) is 2. The molecule has 0 spiro atoms. The first-order valence-corrected chi connectivity index (χ1v) is 6.18. The Morgan fingerprint density at radius 1 is 1.37 bits per heavy atom. The maximum Gasteiger partial charge on any atom is 0.322 e. The van der Waals surface area contributed by atoms with Crippen molar-refractivity contribution >= 4 is 23.3 Å². The minimum Gasteiger partial charge on any atom is -0.395 e. The molecule has 2 amide bonds. The lowest BCUT2D eigenvalue weighted by Crippen LogP contribution is -2.38. The largest absolute Gasteiger partial charge is 0.395 e. The molecule has 1 aromatic rings. The molecule has 2 N–H and O–H groups in total. The summed E-state index contributed by atoms with van der Waals surface area (Å²) < 4.78 is 27.0. The van der Waals surface area contributed by atoms with Gasteiger partial charge in [-0.3, -0.25) is 0 Å². The predicted molar refractivity (Wildman–Crippen MR) is 69.3 cm³/mol. The fraction of sp³-hybridized carbons (Fsp3) is 0.417. The average molecular weight is 293 g/mol. The van der Waals surface area contributed by atoms with Gasteiger partial charge in [-0.25, -0.2) is 13.6 Å². The molecule has 106 valence electrons. The highest BCUT2D eigenvalue weighted by Gasteiger charge is 2.17. The molecule has 0 aliphatic rings. The molecule has 1 rings (SSSR count). The fourth-order valence-electron chi connectivity index (χ4n) is 1.55. The third kappa shape index (κ3) is 4.33. The Bertz CT molecular complexity index is 428. The van der Waals surface area contributed by atoms with Crippen molar-refractivity contribution in [3.05, 3.63) is 28.8 Å². The van der Waals surface area contributed by atoms with Crippen LogP contribution in [0.5, 0.6) is 0 Å². The quantitative estimate of drug-likeness (QED) is 0.877. The number of aliphatic hydroxyl groups excluding tert-OH is 1. The molecular weight excluding hydrogens is 278 g/mol. The van der Waals surface area contributed by atoms with Crippen LogP contribution in [0.15, 0.2) is 12.1 Å². The molecule has 0 aliphatic heterocycles. The summed E-state index contributed by atoms with van der Waals surface area (Å²) in [5, 5.41) is 10.9. The standard InChI is InChI=1S/C12H15ClF2N2O2/c1-2-3-17(4-5-18)12(19)16-11-9(14)6-8(13)7-10(11)15/h6-7,18H,2-5H2,1H3,(H,16,19). The van der Waals surface area contributed by atoms with E-state index in [-0.39, 0.29) is 18.2 Å². The highest BCUT2D eigenvalue weighted by molar-refractivity contribution is 6.30. The van der Waals surface area contributed by atoms with Gasteiger partial charge >= 0.3 is 6.03 Å².